The molecule has 12 heteroatoms. The molecular formula is C24H18F5N5O2. The average Bonchev–Trinajstić information content (AvgIpc) is 3.18. The predicted molar refractivity (Wildman–Crippen MR) is 122 cm³/mol. The lowest BCUT2D eigenvalue weighted by atomic mass is 10.0. The number of pyridine rings is 1. The van der Waals surface area contributed by atoms with E-state index in [-0.39, 0.29) is 29.6 Å². The van der Waals surface area contributed by atoms with Gasteiger partial charge in [-0.15, -0.1) is 0 Å². The van der Waals surface area contributed by atoms with Crippen LogP contribution in [0.2, 0.25) is 0 Å². The highest BCUT2D eigenvalue weighted by atomic mass is 19.4. The number of para-hydroxylation sites is 1. The van der Waals surface area contributed by atoms with Gasteiger partial charge in [0.15, 0.2) is 17.4 Å². The monoisotopic (exact) mass is 503 g/mol. The van der Waals surface area contributed by atoms with Gasteiger partial charge in [-0.1, -0.05) is 18.2 Å². The van der Waals surface area contributed by atoms with Gasteiger partial charge in [-0.25, -0.2) is 13.8 Å². The summed E-state index contributed by atoms with van der Waals surface area (Å²) in [5.74, 6) is -5.10. The fourth-order valence-corrected chi connectivity index (χ4v) is 4.26. The second-order valence-electron chi connectivity index (χ2n) is 8.28. The average molecular weight is 503 g/mol. The molecule has 36 heavy (non-hydrogen) atoms. The van der Waals surface area contributed by atoms with Gasteiger partial charge in [-0.3, -0.25) is 9.48 Å². The van der Waals surface area contributed by atoms with Gasteiger partial charge in [-0.05, 0) is 18.2 Å². The van der Waals surface area contributed by atoms with E-state index in [1.807, 2.05) is 30.3 Å². The summed E-state index contributed by atoms with van der Waals surface area (Å²) < 4.78 is 69.7. The van der Waals surface area contributed by atoms with Crippen molar-refractivity contribution in [2.75, 3.05) is 29.4 Å². The van der Waals surface area contributed by atoms with E-state index in [0.29, 0.717) is 24.4 Å². The van der Waals surface area contributed by atoms with Crippen molar-refractivity contribution in [2.45, 2.75) is 6.18 Å². The third-order valence-corrected chi connectivity index (χ3v) is 6.07. The number of phenolic OH excluding ortho intramolecular Hbond substituents is 1. The fraction of sp³-hybridized carbons (Fsp3) is 0.208. The Balaban J connectivity index is 1.50. The first-order valence-electron chi connectivity index (χ1n) is 10.8. The summed E-state index contributed by atoms with van der Waals surface area (Å²) >= 11 is 0. The summed E-state index contributed by atoms with van der Waals surface area (Å²) in [7, 11) is 1.50. The molecule has 1 saturated heterocycles. The lowest BCUT2D eigenvalue weighted by Gasteiger charge is -2.35. The number of hydrogen-bond acceptors (Lipinski definition) is 5. The highest BCUT2D eigenvalue weighted by Gasteiger charge is 2.38. The van der Waals surface area contributed by atoms with Crippen LogP contribution in [0.5, 0.6) is 5.75 Å². The minimum atomic E-state index is -5.16. The molecule has 0 spiro atoms. The Morgan fingerprint density at radius 2 is 1.75 bits per heavy atom. The van der Waals surface area contributed by atoms with Gasteiger partial charge in [0, 0.05) is 49.0 Å². The summed E-state index contributed by atoms with van der Waals surface area (Å²) in [4.78, 5) is 20.5. The summed E-state index contributed by atoms with van der Waals surface area (Å²) in [6, 6.07) is 11.1. The van der Waals surface area contributed by atoms with E-state index in [0.717, 1.165) is 5.69 Å². The van der Waals surface area contributed by atoms with Crippen LogP contribution in [0.3, 0.4) is 0 Å². The highest BCUT2D eigenvalue weighted by molar-refractivity contribution is 5.98. The van der Waals surface area contributed by atoms with Crippen LogP contribution in [-0.4, -0.2) is 45.4 Å². The standard InChI is InChI=1S/C24H18F5N5O2/c1-32-17-10-18(33-7-8-34(19(35)12-33)13-5-3-2-4-6-13)30-11-15(17)22(31-32)14-9-16(24(27,28)29)21(26)23(36)20(14)25/h2-6,9-11,36H,7-8,12H2,1H3. The molecule has 0 atom stereocenters. The number of nitrogens with zero attached hydrogens (tertiary/aromatic N) is 5. The number of phenols is 1. The number of rotatable bonds is 3. The molecule has 3 heterocycles. The molecule has 0 aliphatic carbocycles. The second-order valence-corrected chi connectivity index (χ2v) is 8.28. The zero-order valence-corrected chi connectivity index (χ0v) is 18.7. The summed E-state index contributed by atoms with van der Waals surface area (Å²) in [6.45, 7) is 0.937. The van der Waals surface area contributed by atoms with Crippen molar-refractivity contribution in [1.82, 2.24) is 14.8 Å². The Morgan fingerprint density at radius 3 is 2.42 bits per heavy atom. The molecule has 1 N–H and O–H groups in total. The largest absolute Gasteiger partial charge is 0.503 e. The quantitative estimate of drug-likeness (QED) is 0.417. The molecule has 2 aromatic heterocycles. The Bertz CT molecular complexity index is 1490. The van der Waals surface area contributed by atoms with Crippen molar-refractivity contribution < 1.29 is 31.9 Å². The maximum absolute atomic E-state index is 14.7. The fourth-order valence-electron chi connectivity index (χ4n) is 4.26. The summed E-state index contributed by atoms with van der Waals surface area (Å²) in [5.41, 5.74) is -1.59. The van der Waals surface area contributed by atoms with E-state index in [1.165, 1.54) is 17.9 Å². The topological polar surface area (TPSA) is 74.5 Å². The van der Waals surface area contributed by atoms with Crippen LogP contribution in [0.25, 0.3) is 22.2 Å². The number of alkyl halides is 3. The molecule has 1 amide bonds. The Morgan fingerprint density at radius 1 is 1.03 bits per heavy atom. The SMILES string of the molecule is Cn1nc(-c2cc(C(F)(F)F)c(F)c(O)c2F)c2cnc(N3CCN(c4ccccc4)C(=O)C3)cc21. The number of carbonyl (C=O) groups is 1. The van der Waals surface area contributed by atoms with Crippen LogP contribution in [0.1, 0.15) is 5.56 Å². The van der Waals surface area contributed by atoms with Crippen LogP contribution in [0, 0.1) is 11.6 Å². The molecule has 4 aromatic rings. The van der Waals surface area contributed by atoms with E-state index in [4.69, 9.17) is 0 Å². The maximum atomic E-state index is 14.7. The van der Waals surface area contributed by atoms with E-state index < -0.39 is 34.7 Å². The third-order valence-electron chi connectivity index (χ3n) is 6.07. The number of amides is 1. The minimum Gasteiger partial charge on any atom is -0.503 e. The van der Waals surface area contributed by atoms with E-state index >= 15 is 0 Å². The number of anilines is 2. The van der Waals surface area contributed by atoms with Gasteiger partial charge in [0.05, 0.1) is 17.6 Å². The molecule has 5 rings (SSSR count). The molecular weight excluding hydrogens is 485 g/mol. The number of halogens is 5. The van der Waals surface area contributed by atoms with Crippen molar-refractivity contribution >= 4 is 28.3 Å². The molecule has 0 radical (unpaired) electrons. The number of hydrogen-bond donors (Lipinski definition) is 1. The molecule has 7 nitrogen and oxygen atoms in total. The third kappa shape index (κ3) is 3.88. The van der Waals surface area contributed by atoms with Crippen molar-refractivity contribution in [2.24, 2.45) is 7.05 Å². The van der Waals surface area contributed by atoms with Gasteiger partial charge < -0.3 is 14.9 Å². The van der Waals surface area contributed by atoms with E-state index in [9.17, 15) is 31.9 Å². The normalized spacial score (nSPS) is 14.7. The number of carbonyl (C=O) groups excluding carboxylic acids is 1. The molecule has 186 valence electrons. The molecule has 0 saturated carbocycles. The zero-order chi connectivity index (χ0) is 25.8. The predicted octanol–water partition coefficient (Wildman–Crippen LogP) is 4.49. The number of aromatic hydroxyl groups is 1. The van der Waals surface area contributed by atoms with Crippen LogP contribution >= 0.6 is 0 Å². The van der Waals surface area contributed by atoms with E-state index in [1.54, 1.807) is 15.9 Å². The van der Waals surface area contributed by atoms with Crippen molar-refractivity contribution in [3.8, 4) is 17.0 Å². The Labute approximate surface area is 201 Å². The molecule has 0 unspecified atom stereocenters. The second kappa shape index (κ2) is 8.47. The minimum absolute atomic E-state index is 0.0491. The number of fused-ring (bicyclic) bond motifs is 1. The molecule has 2 aromatic carbocycles. The maximum Gasteiger partial charge on any atom is 0.419 e. The van der Waals surface area contributed by atoms with Gasteiger partial charge in [-0.2, -0.15) is 18.3 Å². The van der Waals surface area contributed by atoms with Gasteiger partial charge in [0.1, 0.15) is 11.5 Å². The molecule has 1 fully saturated rings. The summed E-state index contributed by atoms with van der Waals surface area (Å²) in [6.07, 6.45) is -3.86. The van der Waals surface area contributed by atoms with Gasteiger partial charge in [0.25, 0.3) is 0 Å². The molecule has 0 bridgehead atoms. The van der Waals surface area contributed by atoms with Crippen LogP contribution in [0.4, 0.5) is 33.5 Å². The van der Waals surface area contributed by atoms with Crippen LogP contribution < -0.4 is 9.80 Å². The Hall–Kier alpha value is -4.22. The lowest BCUT2D eigenvalue weighted by molar-refractivity contribution is -0.140. The number of benzene rings is 2. The zero-order valence-electron chi connectivity index (χ0n) is 18.7. The van der Waals surface area contributed by atoms with Crippen molar-refractivity contribution in [3.05, 3.63) is 65.9 Å². The molecule has 1 aliphatic heterocycles. The Kier molecular flexibility index (Phi) is 5.53. The molecule has 1 aliphatic rings. The number of piperazine rings is 1. The first-order valence-corrected chi connectivity index (χ1v) is 10.8. The van der Waals surface area contributed by atoms with Crippen molar-refractivity contribution in [3.63, 3.8) is 0 Å². The summed E-state index contributed by atoms with van der Waals surface area (Å²) in [5, 5.41) is 14.0. The van der Waals surface area contributed by atoms with Gasteiger partial charge in [0.2, 0.25) is 5.91 Å². The number of aryl methyl sites for hydroxylation is 1. The van der Waals surface area contributed by atoms with Gasteiger partial charge >= 0.3 is 6.18 Å². The van der Waals surface area contributed by atoms with Crippen LogP contribution in [0.15, 0.2) is 48.7 Å². The highest BCUT2D eigenvalue weighted by Crippen LogP contribution is 2.41. The van der Waals surface area contributed by atoms with Crippen molar-refractivity contribution in [1.29, 1.82) is 0 Å². The first kappa shape index (κ1) is 23.5. The first-order chi connectivity index (χ1) is 17.1. The van der Waals surface area contributed by atoms with E-state index in [2.05, 4.69) is 10.1 Å². The number of aromatic nitrogens is 3. The smallest absolute Gasteiger partial charge is 0.419 e. The van der Waals surface area contributed by atoms with Crippen LogP contribution in [-0.2, 0) is 18.0 Å². The lowest BCUT2D eigenvalue weighted by Crippen LogP contribution is -2.50.